The molecule has 1 amide bonds. The van der Waals surface area contributed by atoms with Gasteiger partial charge in [0.05, 0.1) is 0 Å². The second-order valence-corrected chi connectivity index (χ2v) is 6.89. The Hall–Kier alpha value is -1.83. The first-order valence-electron chi connectivity index (χ1n) is 8.93. The Labute approximate surface area is 139 Å². The lowest BCUT2D eigenvalue weighted by atomic mass is 10.1. The summed E-state index contributed by atoms with van der Waals surface area (Å²) in [7, 11) is 0. The summed E-state index contributed by atoms with van der Waals surface area (Å²) in [6.45, 7) is 2.05. The van der Waals surface area contributed by atoms with Crippen molar-refractivity contribution in [3.05, 3.63) is 54.1 Å². The molecule has 0 saturated heterocycles. The number of carbonyl (C=O) groups excluding carboxylic acids is 1. The highest BCUT2D eigenvalue weighted by Crippen LogP contribution is 2.52. The topological polar surface area (TPSA) is 29.1 Å². The highest BCUT2D eigenvalue weighted by molar-refractivity contribution is 5.94. The fraction of sp³-hybridized carbons (Fsp3) is 0.476. The number of aryl methyl sites for hydroxylation is 1. The number of rotatable bonds is 2. The van der Waals surface area contributed by atoms with E-state index in [0.29, 0.717) is 11.8 Å². The third-order valence-electron chi connectivity index (χ3n) is 5.09. The molecule has 0 spiro atoms. The molecular weight excluding hydrogens is 282 g/mol. The molecule has 23 heavy (non-hydrogen) atoms. The molecule has 0 aromatic heterocycles. The summed E-state index contributed by atoms with van der Waals surface area (Å²) < 4.78 is 0. The van der Waals surface area contributed by atoms with Gasteiger partial charge in [0.15, 0.2) is 0 Å². The summed E-state index contributed by atoms with van der Waals surface area (Å²) in [5, 5.41) is 3.12. The van der Waals surface area contributed by atoms with Crippen molar-refractivity contribution >= 4 is 11.6 Å². The average Bonchev–Trinajstić information content (AvgIpc) is 3.20. The van der Waals surface area contributed by atoms with Crippen LogP contribution >= 0.6 is 0 Å². The van der Waals surface area contributed by atoms with Gasteiger partial charge in [0.25, 0.3) is 0 Å². The average molecular weight is 309 g/mol. The molecule has 2 nitrogen and oxygen atoms in total. The minimum absolute atomic E-state index is 0.207. The lowest BCUT2D eigenvalue weighted by molar-refractivity contribution is -0.117. The normalized spacial score (nSPS) is 30.2. The third kappa shape index (κ3) is 4.34. The quantitative estimate of drug-likeness (QED) is 0.742. The van der Waals surface area contributed by atoms with Crippen molar-refractivity contribution in [3.8, 4) is 0 Å². The molecule has 1 aromatic carbocycles. The lowest BCUT2D eigenvalue weighted by Crippen LogP contribution is -2.15. The Kier molecular flexibility index (Phi) is 5.32. The van der Waals surface area contributed by atoms with E-state index in [1.54, 1.807) is 0 Å². The van der Waals surface area contributed by atoms with Crippen LogP contribution in [0.15, 0.2) is 48.6 Å². The van der Waals surface area contributed by atoms with Crippen LogP contribution < -0.4 is 5.32 Å². The molecule has 1 N–H and O–H groups in total. The van der Waals surface area contributed by atoms with Crippen molar-refractivity contribution in [2.45, 2.75) is 45.4 Å². The molecule has 2 aliphatic rings. The van der Waals surface area contributed by atoms with Gasteiger partial charge in [0.2, 0.25) is 5.91 Å². The van der Waals surface area contributed by atoms with E-state index in [2.05, 4.69) is 42.6 Å². The van der Waals surface area contributed by atoms with Crippen LogP contribution in [-0.2, 0) is 4.79 Å². The fourth-order valence-electron chi connectivity index (χ4n) is 3.81. The van der Waals surface area contributed by atoms with Crippen molar-refractivity contribution in [2.75, 3.05) is 5.32 Å². The van der Waals surface area contributed by atoms with Gasteiger partial charge in [-0.15, -0.1) is 0 Å². The number of allylic oxidation sites excluding steroid dienone is 4. The van der Waals surface area contributed by atoms with Crippen molar-refractivity contribution in [1.29, 1.82) is 0 Å². The number of nitrogens with one attached hydrogen (secondary N) is 1. The maximum absolute atomic E-state index is 12.6. The number of amides is 1. The molecule has 2 aliphatic carbocycles. The number of fused-ring (bicyclic) bond motifs is 1. The van der Waals surface area contributed by atoms with Crippen LogP contribution in [0.4, 0.5) is 5.69 Å². The van der Waals surface area contributed by atoms with Gasteiger partial charge in [0.1, 0.15) is 0 Å². The van der Waals surface area contributed by atoms with E-state index in [1.807, 2.05) is 18.2 Å². The maximum Gasteiger partial charge on any atom is 0.228 e. The number of hydrogen-bond acceptors (Lipinski definition) is 1. The van der Waals surface area contributed by atoms with Gasteiger partial charge < -0.3 is 5.32 Å². The number of hydrogen-bond donors (Lipinski definition) is 1. The first-order valence-corrected chi connectivity index (χ1v) is 8.93. The lowest BCUT2D eigenvalue weighted by Gasteiger charge is -2.05. The van der Waals surface area contributed by atoms with Gasteiger partial charge in [-0.1, -0.05) is 36.4 Å². The second kappa shape index (κ2) is 7.63. The van der Waals surface area contributed by atoms with Crippen molar-refractivity contribution in [1.82, 2.24) is 0 Å². The van der Waals surface area contributed by atoms with Crippen LogP contribution in [0, 0.1) is 24.7 Å². The van der Waals surface area contributed by atoms with E-state index in [-0.39, 0.29) is 11.8 Å². The zero-order valence-electron chi connectivity index (χ0n) is 14.0. The minimum Gasteiger partial charge on any atom is -0.326 e. The monoisotopic (exact) mass is 309 g/mol. The maximum atomic E-state index is 12.6. The summed E-state index contributed by atoms with van der Waals surface area (Å²) in [5.41, 5.74) is 2.11. The Morgan fingerprint density at radius 3 is 2.17 bits per heavy atom. The molecule has 3 atom stereocenters. The standard InChI is InChI=1S/C21H27NO/c1-16-11-10-12-17(15-16)22-21(23)20-18-13-8-6-4-2-3-5-7-9-14-19(18)20/h4-7,10-12,15,18-20H,2-3,8-9,13-14H2,1H3,(H,22,23)/b6-4-,7-5+. The van der Waals surface area contributed by atoms with Crippen molar-refractivity contribution in [3.63, 3.8) is 0 Å². The molecule has 1 aromatic rings. The van der Waals surface area contributed by atoms with Gasteiger partial charge in [0, 0.05) is 11.6 Å². The van der Waals surface area contributed by atoms with E-state index in [4.69, 9.17) is 0 Å². The molecule has 2 heteroatoms. The first kappa shape index (κ1) is 16.0. The molecule has 0 bridgehead atoms. The highest BCUT2D eigenvalue weighted by atomic mass is 16.2. The molecule has 3 rings (SSSR count). The van der Waals surface area contributed by atoms with Gasteiger partial charge in [-0.05, 0) is 75.0 Å². The number of carbonyl (C=O) groups is 1. The fourth-order valence-corrected chi connectivity index (χ4v) is 3.81. The van der Waals surface area contributed by atoms with E-state index in [1.165, 1.54) is 5.56 Å². The zero-order chi connectivity index (χ0) is 16.1. The Morgan fingerprint density at radius 2 is 1.57 bits per heavy atom. The van der Waals surface area contributed by atoms with Gasteiger partial charge in [-0.25, -0.2) is 0 Å². The van der Waals surface area contributed by atoms with Gasteiger partial charge in [-0.3, -0.25) is 4.79 Å². The molecule has 1 saturated carbocycles. The predicted molar refractivity (Wildman–Crippen MR) is 96.3 cm³/mol. The number of anilines is 1. The van der Waals surface area contributed by atoms with E-state index >= 15 is 0 Å². The largest absolute Gasteiger partial charge is 0.326 e. The molecule has 0 radical (unpaired) electrons. The SMILES string of the molecule is Cc1cccc(NC(=O)C2C3CC/C=C\CC/C=C/CCC32)c1. The molecule has 0 heterocycles. The van der Waals surface area contributed by atoms with Crippen LogP contribution in [0.2, 0.25) is 0 Å². The second-order valence-electron chi connectivity index (χ2n) is 6.89. The van der Waals surface area contributed by atoms with Crippen LogP contribution in [0.1, 0.15) is 44.1 Å². The van der Waals surface area contributed by atoms with E-state index < -0.39 is 0 Å². The summed E-state index contributed by atoms with van der Waals surface area (Å²) in [6.07, 6.45) is 16.0. The smallest absolute Gasteiger partial charge is 0.228 e. The predicted octanol–water partition coefficient (Wildman–Crippen LogP) is 5.26. The van der Waals surface area contributed by atoms with Crippen LogP contribution in [0.5, 0.6) is 0 Å². The van der Waals surface area contributed by atoms with Crippen LogP contribution in [0.3, 0.4) is 0 Å². The van der Waals surface area contributed by atoms with Gasteiger partial charge >= 0.3 is 0 Å². The van der Waals surface area contributed by atoms with Crippen LogP contribution in [0.25, 0.3) is 0 Å². The number of benzene rings is 1. The molecular formula is C21H27NO. The van der Waals surface area contributed by atoms with Crippen molar-refractivity contribution < 1.29 is 4.79 Å². The molecule has 3 unspecified atom stereocenters. The van der Waals surface area contributed by atoms with Crippen LogP contribution in [-0.4, -0.2) is 5.91 Å². The Bertz CT molecular complexity index is 578. The molecule has 122 valence electrons. The summed E-state index contributed by atoms with van der Waals surface area (Å²) in [5.74, 6) is 1.56. The summed E-state index contributed by atoms with van der Waals surface area (Å²) >= 11 is 0. The molecule has 1 fully saturated rings. The van der Waals surface area contributed by atoms with Gasteiger partial charge in [-0.2, -0.15) is 0 Å². The van der Waals surface area contributed by atoms with E-state index in [0.717, 1.165) is 44.2 Å². The minimum atomic E-state index is 0.207. The summed E-state index contributed by atoms with van der Waals surface area (Å²) in [6, 6.07) is 8.07. The van der Waals surface area contributed by atoms with E-state index in [9.17, 15) is 4.79 Å². The first-order chi connectivity index (χ1) is 11.3. The van der Waals surface area contributed by atoms with Crippen molar-refractivity contribution in [2.24, 2.45) is 17.8 Å². The third-order valence-corrected chi connectivity index (χ3v) is 5.09. The highest BCUT2D eigenvalue weighted by Gasteiger charge is 2.52. The zero-order valence-corrected chi connectivity index (χ0v) is 14.0. The Balaban J connectivity index is 1.61. The molecule has 0 aliphatic heterocycles. The Morgan fingerprint density at radius 1 is 0.957 bits per heavy atom. The summed E-state index contributed by atoms with van der Waals surface area (Å²) in [4.78, 5) is 12.6.